The molecule has 7 nitrogen and oxygen atoms in total. The number of sulfonamides is 1. The summed E-state index contributed by atoms with van der Waals surface area (Å²) in [5, 5.41) is 15.8. The van der Waals surface area contributed by atoms with Gasteiger partial charge in [0.05, 0.1) is 23.2 Å². The lowest BCUT2D eigenvalue weighted by molar-refractivity contribution is -0.120. The van der Waals surface area contributed by atoms with Crippen LogP contribution in [0.25, 0.3) is 11.3 Å². The van der Waals surface area contributed by atoms with Gasteiger partial charge in [0.15, 0.2) is 5.13 Å². The van der Waals surface area contributed by atoms with Gasteiger partial charge in [-0.05, 0) is 36.4 Å². The van der Waals surface area contributed by atoms with Gasteiger partial charge in [-0.2, -0.15) is 9.57 Å². The smallest absolute Gasteiger partial charge is 0.252 e. The van der Waals surface area contributed by atoms with Crippen LogP contribution >= 0.6 is 22.7 Å². The van der Waals surface area contributed by atoms with Gasteiger partial charge < -0.3 is 5.32 Å². The van der Waals surface area contributed by atoms with E-state index in [0.717, 1.165) is 5.56 Å². The number of thiophene rings is 1. The van der Waals surface area contributed by atoms with E-state index in [0.29, 0.717) is 40.0 Å². The van der Waals surface area contributed by atoms with Gasteiger partial charge in [0, 0.05) is 24.0 Å². The summed E-state index contributed by atoms with van der Waals surface area (Å²) in [5.74, 6) is -0.641. The van der Waals surface area contributed by atoms with E-state index < -0.39 is 15.9 Å². The van der Waals surface area contributed by atoms with Crippen LogP contribution in [-0.2, 0) is 14.8 Å². The minimum absolute atomic E-state index is 0.167. The summed E-state index contributed by atoms with van der Waals surface area (Å²) >= 11 is 2.50. The van der Waals surface area contributed by atoms with Crippen LogP contribution < -0.4 is 5.32 Å². The lowest BCUT2D eigenvalue weighted by atomic mass is 9.99. The number of nitrogens with one attached hydrogen (secondary N) is 1. The van der Waals surface area contributed by atoms with E-state index in [-0.39, 0.29) is 12.5 Å². The Kier molecular flexibility index (Phi) is 5.97. The van der Waals surface area contributed by atoms with Crippen LogP contribution in [0.5, 0.6) is 0 Å². The van der Waals surface area contributed by atoms with E-state index in [9.17, 15) is 13.2 Å². The van der Waals surface area contributed by atoms with E-state index in [2.05, 4.69) is 16.4 Å². The number of carbonyl (C=O) groups is 1. The topological polar surface area (TPSA) is 103 Å². The fourth-order valence-corrected chi connectivity index (χ4v) is 6.69. The minimum atomic E-state index is -3.56. The summed E-state index contributed by atoms with van der Waals surface area (Å²) in [7, 11) is -3.56. The molecule has 0 aliphatic carbocycles. The number of benzene rings is 1. The van der Waals surface area contributed by atoms with Crippen molar-refractivity contribution in [2.24, 2.45) is 5.92 Å². The molecular weight excluding hydrogens is 440 g/mol. The lowest BCUT2D eigenvalue weighted by Crippen LogP contribution is -2.43. The number of rotatable bonds is 5. The molecule has 0 spiro atoms. The van der Waals surface area contributed by atoms with Crippen molar-refractivity contribution in [2.75, 3.05) is 18.4 Å². The number of anilines is 1. The zero-order valence-electron chi connectivity index (χ0n) is 15.8. The third-order valence-electron chi connectivity index (χ3n) is 4.89. The highest BCUT2D eigenvalue weighted by Crippen LogP contribution is 2.29. The predicted octanol–water partition coefficient (Wildman–Crippen LogP) is 3.78. The van der Waals surface area contributed by atoms with Crippen molar-refractivity contribution in [3.05, 3.63) is 52.7 Å². The molecule has 4 rings (SSSR count). The number of nitriles is 1. The first-order chi connectivity index (χ1) is 14.5. The van der Waals surface area contributed by atoms with Gasteiger partial charge in [-0.3, -0.25) is 4.79 Å². The molecule has 154 valence electrons. The first kappa shape index (κ1) is 20.7. The quantitative estimate of drug-likeness (QED) is 0.627. The monoisotopic (exact) mass is 458 g/mol. The number of aromatic nitrogens is 1. The summed E-state index contributed by atoms with van der Waals surface area (Å²) in [4.78, 5) is 17.2. The molecule has 0 bridgehead atoms. The van der Waals surface area contributed by atoms with Crippen LogP contribution in [0, 0.1) is 17.2 Å². The van der Waals surface area contributed by atoms with Gasteiger partial charge in [0.25, 0.3) is 10.0 Å². The van der Waals surface area contributed by atoms with Crippen LogP contribution in [0.1, 0.15) is 18.4 Å². The molecule has 1 N–H and O–H groups in total. The summed E-state index contributed by atoms with van der Waals surface area (Å²) < 4.78 is 27.2. The van der Waals surface area contributed by atoms with Gasteiger partial charge in [-0.1, -0.05) is 18.2 Å². The SMILES string of the molecule is N#Cc1ccc(-c2csc(NC(=O)C3CCCN(S(=O)(=O)c4cccs4)C3)n2)cc1. The second-order valence-corrected chi connectivity index (χ2v) is 10.8. The van der Waals surface area contributed by atoms with Gasteiger partial charge in [0.2, 0.25) is 5.91 Å². The molecule has 10 heteroatoms. The zero-order valence-corrected chi connectivity index (χ0v) is 18.3. The Morgan fingerprint density at radius 2 is 2.03 bits per heavy atom. The largest absolute Gasteiger partial charge is 0.302 e. The zero-order chi connectivity index (χ0) is 21.1. The Labute approximate surface area is 182 Å². The standard InChI is InChI=1S/C20H18N4O3S3/c21-11-14-5-7-15(8-6-14)17-13-29-20(22-17)23-19(25)16-3-1-9-24(12-16)30(26,27)18-4-2-10-28-18/h2,4-8,10,13,16H,1,3,9,12H2,(H,22,23,25). The van der Waals surface area contributed by atoms with E-state index in [4.69, 9.17) is 5.26 Å². The molecule has 30 heavy (non-hydrogen) atoms. The fraction of sp³-hybridized carbons (Fsp3) is 0.250. The normalized spacial score (nSPS) is 17.4. The van der Waals surface area contributed by atoms with Crippen molar-refractivity contribution < 1.29 is 13.2 Å². The van der Waals surface area contributed by atoms with Crippen molar-refractivity contribution in [2.45, 2.75) is 17.1 Å². The summed E-state index contributed by atoms with van der Waals surface area (Å²) in [6.07, 6.45) is 1.27. The third kappa shape index (κ3) is 4.29. The van der Waals surface area contributed by atoms with Gasteiger partial charge in [-0.15, -0.1) is 22.7 Å². The summed E-state index contributed by atoms with van der Waals surface area (Å²) in [6.45, 7) is 0.587. The molecule has 2 aromatic heterocycles. The Hall–Kier alpha value is -2.58. The first-order valence-electron chi connectivity index (χ1n) is 9.28. The van der Waals surface area contributed by atoms with E-state index in [1.807, 2.05) is 17.5 Å². The highest BCUT2D eigenvalue weighted by atomic mass is 32.2. The van der Waals surface area contributed by atoms with Gasteiger partial charge >= 0.3 is 0 Å². The number of amides is 1. The van der Waals surface area contributed by atoms with Crippen LogP contribution in [0.4, 0.5) is 5.13 Å². The molecule has 0 saturated carbocycles. The maximum absolute atomic E-state index is 12.8. The average Bonchev–Trinajstić information content (AvgIpc) is 3.47. The Bertz CT molecular complexity index is 1180. The fourth-order valence-electron chi connectivity index (χ4n) is 3.30. The molecular formula is C20H18N4O3S3. The molecule has 1 aliphatic rings. The molecule has 1 amide bonds. The van der Waals surface area contributed by atoms with E-state index in [1.165, 1.54) is 27.0 Å². The molecule has 1 saturated heterocycles. The molecule has 3 aromatic rings. The highest BCUT2D eigenvalue weighted by molar-refractivity contribution is 7.91. The molecule has 1 fully saturated rings. The molecule has 1 unspecified atom stereocenters. The molecule has 1 atom stereocenters. The molecule has 1 aliphatic heterocycles. The number of carbonyl (C=O) groups excluding carboxylic acids is 1. The van der Waals surface area contributed by atoms with Gasteiger partial charge in [-0.25, -0.2) is 13.4 Å². The number of hydrogen-bond acceptors (Lipinski definition) is 7. The Morgan fingerprint density at radius 3 is 2.73 bits per heavy atom. The minimum Gasteiger partial charge on any atom is -0.302 e. The highest BCUT2D eigenvalue weighted by Gasteiger charge is 2.34. The molecule has 1 aromatic carbocycles. The lowest BCUT2D eigenvalue weighted by Gasteiger charge is -2.30. The van der Waals surface area contributed by atoms with E-state index in [1.54, 1.807) is 29.6 Å². The van der Waals surface area contributed by atoms with Crippen molar-refractivity contribution in [3.8, 4) is 17.3 Å². The second kappa shape index (κ2) is 8.65. The predicted molar refractivity (Wildman–Crippen MR) is 117 cm³/mol. The number of hydrogen-bond donors (Lipinski definition) is 1. The van der Waals surface area contributed by atoms with Gasteiger partial charge in [0.1, 0.15) is 4.21 Å². The maximum Gasteiger partial charge on any atom is 0.252 e. The maximum atomic E-state index is 12.8. The number of nitrogens with zero attached hydrogens (tertiary/aromatic N) is 3. The first-order valence-corrected chi connectivity index (χ1v) is 12.5. The summed E-state index contributed by atoms with van der Waals surface area (Å²) in [5.41, 5.74) is 2.14. The Morgan fingerprint density at radius 1 is 1.23 bits per heavy atom. The van der Waals surface area contributed by atoms with Crippen LogP contribution in [0.15, 0.2) is 51.4 Å². The van der Waals surface area contributed by atoms with Crippen molar-refractivity contribution >= 4 is 43.7 Å². The van der Waals surface area contributed by atoms with Crippen LogP contribution in [-0.4, -0.2) is 36.7 Å². The van der Waals surface area contributed by atoms with Crippen LogP contribution in [0.2, 0.25) is 0 Å². The number of thiazole rings is 1. The molecule has 0 radical (unpaired) electrons. The average molecular weight is 459 g/mol. The molecule has 3 heterocycles. The third-order valence-corrected chi connectivity index (χ3v) is 8.88. The summed E-state index contributed by atoms with van der Waals surface area (Å²) in [6, 6.07) is 12.4. The number of piperidine rings is 1. The Balaban J connectivity index is 1.43. The van der Waals surface area contributed by atoms with E-state index >= 15 is 0 Å². The second-order valence-electron chi connectivity index (χ2n) is 6.85. The van der Waals surface area contributed by atoms with Crippen molar-refractivity contribution in [1.82, 2.24) is 9.29 Å². The van der Waals surface area contributed by atoms with Crippen molar-refractivity contribution in [3.63, 3.8) is 0 Å². The van der Waals surface area contributed by atoms with Crippen molar-refractivity contribution in [1.29, 1.82) is 5.26 Å². The van der Waals surface area contributed by atoms with Crippen LogP contribution in [0.3, 0.4) is 0 Å².